The van der Waals surface area contributed by atoms with Crippen molar-refractivity contribution in [3.05, 3.63) is 42.4 Å². The Balaban J connectivity index is 1.58. The van der Waals surface area contributed by atoms with Crippen LogP contribution in [-0.4, -0.2) is 50.6 Å². The molecule has 0 radical (unpaired) electrons. The molecule has 6 heteroatoms. The Morgan fingerprint density at radius 3 is 2.80 bits per heavy atom. The predicted molar refractivity (Wildman–Crippen MR) is 92.9 cm³/mol. The quantitative estimate of drug-likeness (QED) is 0.842. The summed E-state index contributed by atoms with van der Waals surface area (Å²) in [6, 6.07) is 7.24. The lowest BCUT2D eigenvalue weighted by Gasteiger charge is -2.43. The number of amides is 1. The number of carbonyl (C=O) groups is 1. The van der Waals surface area contributed by atoms with E-state index in [1.165, 1.54) is 12.8 Å². The summed E-state index contributed by atoms with van der Waals surface area (Å²) in [7, 11) is 0. The maximum atomic E-state index is 13.0. The van der Waals surface area contributed by atoms with E-state index < -0.39 is 0 Å². The predicted octanol–water partition coefficient (Wildman–Crippen LogP) is 2.71. The molecule has 25 heavy (non-hydrogen) atoms. The Bertz CT molecular complexity index is 759. The molecule has 130 valence electrons. The van der Waals surface area contributed by atoms with Gasteiger partial charge in [-0.2, -0.15) is 0 Å². The number of morpholine rings is 1. The average molecular weight is 338 g/mol. The molecule has 2 fully saturated rings. The lowest BCUT2D eigenvalue weighted by atomic mass is 9.98. The first-order valence-corrected chi connectivity index (χ1v) is 8.87. The zero-order valence-electron chi connectivity index (χ0n) is 14.4. The molecule has 2 aliphatic rings. The van der Waals surface area contributed by atoms with Gasteiger partial charge in [-0.3, -0.25) is 9.78 Å². The first-order valence-electron chi connectivity index (χ1n) is 8.87. The van der Waals surface area contributed by atoms with E-state index in [1.54, 1.807) is 18.5 Å². The van der Waals surface area contributed by atoms with Gasteiger partial charge in [-0.1, -0.05) is 18.9 Å². The van der Waals surface area contributed by atoms with Crippen molar-refractivity contribution in [2.75, 3.05) is 13.1 Å². The highest BCUT2D eigenvalue weighted by Gasteiger charge is 2.43. The SMILES string of the molecule is CC1CN(C(=O)c2ccnc(-c3ccccn3)n2)CC2(CCCC2)O1. The molecule has 1 atom stereocenters. The fraction of sp³-hybridized carbons (Fsp3) is 0.474. The Hall–Kier alpha value is -2.34. The van der Waals surface area contributed by atoms with E-state index in [9.17, 15) is 4.79 Å². The van der Waals surface area contributed by atoms with Gasteiger partial charge in [0.25, 0.3) is 5.91 Å². The van der Waals surface area contributed by atoms with Gasteiger partial charge in [-0.05, 0) is 38.0 Å². The van der Waals surface area contributed by atoms with Crippen LogP contribution in [0.4, 0.5) is 0 Å². The first-order chi connectivity index (χ1) is 12.2. The van der Waals surface area contributed by atoms with Gasteiger partial charge in [0.15, 0.2) is 5.82 Å². The Labute approximate surface area is 147 Å². The molecule has 1 unspecified atom stereocenters. The lowest BCUT2D eigenvalue weighted by Crippen LogP contribution is -2.55. The van der Waals surface area contributed by atoms with Gasteiger partial charge in [0, 0.05) is 18.9 Å². The summed E-state index contributed by atoms with van der Waals surface area (Å²) in [4.78, 5) is 27.9. The average Bonchev–Trinajstić information content (AvgIpc) is 3.08. The summed E-state index contributed by atoms with van der Waals surface area (Å²) in [6.07, 6.45) is 7.78. The van der Waals surface area contributed by atoms with Crippen LogP contribution in [0.2, 0.25) is 0 Å². The van der Waals surface area contributed by atoms with Gasteiger partial charge < -0.3 is 9.64 Å². The topological polar surface area (TPSA) is 68.2 Å². The molecule has 1 amide bonds. The van der Waals surface area contributed by atoms with Crippen molar-refractivity contribution >= 4 is 5.91 Å². The maximum Gasteiger partial charge on any atom is 0.272 e. The number of hydrogen-bond donors (Lipinski definition) is 0. The molecule has 4 rings (SSSR count). The van der Waals surface area contributed by atoms with Gasteiger partial charge in [-0.25, -0.2) is 9.97 Å². The second kappa shape index (κ2) is 6.52. The summed E-state index contributed by atoms with van der Waals surface area (Å²) in [5.74, 6) is 0.421. The van der Waals surface area contributed by atoms with Crippen LogP contribution in [0.3, 0.4) is 0 Å². The minimum Gasteiger partial charge on any atom is -0.368 e. The summed E-state index contributed by atoms with van der Waals surface area (Å²) in [5, 5.41) is 0. The molecule has 0 bridgehead atoms. The van der Waals surface area contributed by atoms with Gasteiger partial charge in [0.2, 0.25) is 0 Å². The summed E-state index contributed by atoms with van der Waals surface area (Å²) < 4.78 is 6.21. The third-order valence-corrected chi connectivity index (χ3v) is 4.98. The lowest BCUT2D eigenvalue weighted by molar-refractivity contribution is -0.135. The van der Waals surface area contributed by atoms with Gasteiger partial charge in [0.1, 0.15) is 11.4 Å². The molecule has 2 aromatic heterocycles. The number of ether oxygens (including phenoxy) is 1. The van der Waals surface area contributed by atoms with Crippen molar-refractivity contribution in [2.45, 2.75) is 44.3 Å². The Morgan fingerprint density at radius 1 is 1.20 bits per heavy atom. The molecule has 1 aliphatic carbocycles. The highest BCUT2D eigenvalue weighted by molar-refractivity contribution is 5.92. The van der Waals surface area contributed by atoms with Crippen molar-refractivity contribution in [2.24, 2.45) is 0 Å². The molecule has 3 heterocycles. The second-order valence-electron chi connectivity index (χ2n) is 6.98. The molecule has 0 N–H and O–H groups in total. The fourth-order valence-electron chi connectivity index (χ4n) is 3.93. The number of rotatable bonds is 2. The molecule has 1 saturated heterocycles. The van der Waals surface area contributed by atoms with Crippen LogP contribution in [0.15, 0.2) is 36.7 Å². The van der Waals surface area contributed by atoms with E-state index in [0.29, 0.717) is 30.3 Å². The van der Waals surface area contributed by atoms with E-state index in [4.69, 9.17) is 4.74 Å². The standard InChI is InChI=1S/C19H22N4O2/c1-14-12-23(13-19(25-14)8-3-4-9-19)18(24)16-7-11-21-17(22-16)15-6-2-5-10-20-15/h2,5-7,10-11,14H,3-4,8-9,12-13H2,1H3. The number of hydrogen-bond acceptors (Lipinski definition) is 5. The third-order valence-electron chi connectivity index (χ3n) is 4.98. The minimum absolute atomic E-state index is 0.0490. The highest BCUT2D eigenvalue weighted by atomic mass is 16.5. The number of pyridine rings is 1. The summed E-state index contributed by atoms with van der Waals surface area (Å²) in [5.41, 5.74) is 0.919. The normalized spacial score (nSPS) is 22.3. The van der Waals surface area contributed by atoms with Crippen LogP contribution in [0, 0.1) is 0 Å². The van der Waals surface area contributed by atoms with E-state index in [1.807, 2.05) is 30.0 Å². The largest absolute Gasteiger partial charge is 0.368 e. The van der Waals surface area contributed by atoms with Crippen LogP contribution in [-0.2, 0) is 4.74 Å². The van der Waals surface area contributed by atoms with E-state index >= 15 is 0 Å². The first kappa shape index (κ1) is 16.1. The smallest absolute Gasteiger partial charge is 0.272 e. The summed E-state index contributed by atoms with van der Waals surface area (Å²) >= 11 is 0. The van der Waals surface area contributed by atoms with Crippen LogP contribution >= 0.6 is 0 Å². The van der Waals surface area contributed by atoms with Crippen molar-refractivity contribution in [3.63, 3.8) is 0 Å². The number of aromatic nitrogens is 3. The zero-order chi connectivity index (χ0) is 17.3. The molecule has 1 aliphatic heterocycles. The van der Waals surface area contributed by atoms with Gasteiger partial charge >= 0.3 is 0 Å². The fourth-order valence-corrected chi connectivity index (χ4v) is 3.93. The van der Waals surface area contributed by atoms with Crippen molar-refractivity contribution < 1.29 is 9.53 Å². The molecule has 1 spiro atoms. The second-order valence-corrected chi connectivity index (χ2v) is 6.98. The molecule has 6 nitrogen and oxygen atoms in total. The molecule has 1 saturated carbocycles. The summed E-state index contributed by atoms with van der Waals surface area (Å²) in [6.45, 7) is 3.29. The number of nitrogens with zero attached hydrogens (tertiary/aromatic N) is 4. The zero-order valence-corrected chi connectivity index (χ0v) is 14.4. The highest BCUT2D eigenvalue weighted by Crippen LogP contribution is 2.37. The number of carbonyl (C=O) groups excluding carboxylic acids is 1. The van der Waals surface area contributed by atoms with E-state index in [-0.39, 0.29) is 17.6 Å². The Morgan fingerprint density at radius 2 is 2.04 bits per heavy atom. The molecule has 2 aromatic rings. The van der Waals surface area contributed by atoms with Crippen LogP contribution in [0.1, 0.15) is 43.1 Å². The van der Waals surface area contributed by atoms with Crippen molar-refractivity contribution in [1.29, 1.82) is 0 Å². The minimum atomic E-state index is -0.163. The van der Waals surface area contributed by atoms with Crippen LogP contribution < -0.4 is 0 Å². The Kier molecular flexibility index (Phi) is 4.21. The molecular weight excluding hydrogens is 316 g/mol. The molecule has 0 aromatic carbocycles. The third kappa shape index (κ3) is 3.26. The van der Waals surface area contributed by atoms with Gasteiger partial charge in [0.05, 0.1) is 18.2 Å². The van der Waals surface area contributed by atoms with E-state index in [2.05, 4.69) is 15.0 Å². The van der Waals surface area contributed by atoms with Gasteiger partial charge in [-0.15, -0.1) is 0 Å². The monoisotopic (exact) mass is 338 g/mol. The molecular formula is C19H22N4O2. The van der Waals surface area contributed by atoms with Crippen LogP contribution in [0.5, 0.6) is 0 Å². The van der Waals surface area contributed by atoms with Crippen molar-refractivity contribution in [3.8, 4) is 11.5 Å². The van der Waals surface area contributed by atoms with E-state index in [0.717, 1.165) is 12.8 Å². The maximum absolute atomic E-state index is 13.0. The van der Waals surface area contributed by atoms with Crippen LogP contribution in [0.25, 0.3) is 11.5 Å². The van der Waals surface area contributed by atoms with Crippen molar-refractivity contribution in [1.82, 2.24) is 19.9 Å².